The number of aromatic nitrogens is 4. The van der Waals surface area contributed by atoms with Crippen molar-refractivity contribution in [3.63, 3.8) is 0 Å². The Kier molecular flexibility index (Phi) is 7.28. The first-order valence-corrected chi connectivity index (χ1v) is 12.9. The average molecular weight is 510 g/mol. The summed E-state index contributed by atoms with van der Waals surface area (Å²) in [7, 11) is 2.17. The van der Waals surface area contributed by atoms with Gasteiger partial charge in [-0.2, -0.15) is 4.98 Å². The highest BCUT2D eigenvalue weighted by atomic mass is 15.3. The van der Waals surface area contributed by atoms with Crippen LogP contribution < -0.4 is 20.9 Å². The maximum atomic E-state index is 4.83. The van der Waals surface area contributed by atoms with Crippen LogP contribution >= 0.6 is 0 Å². The van der Waals surface area contributed by atoms with Gasteiger partial charge in [0.15, 0.2) is 5.65 Å². The van der Waals surface area contributed by atoms with Crippen molar-refractivity contribution in [1.82, 2.24) is 24.4 Å². The second-order valence-corrected chi connectivity index (χ2v) is 9.82. The smallest absolute Gasteiger partial charge is 0.229 e. The molecule has 0 radical (unpaired) electrons. The van der Waals surface area contributed by atoms with Crippen LogP contribution in [0.5, 0.6) is 0 Å². The molecule has 9 nitrogen and oxygen atoms in total. The molecule has 3 N–H and O–H groups in total. The minimum Gasteiger partial charge on any atom is -0.369 e. The number of benzene rings is 2. The van der Waals surface area contributed by atoms with Crippen molar-refractivity contribution >= 4 is 45.8 Å². The number of imidazole rings is 1. The summed E-state index contributed by atoms with van der Waals surface area (Å²) in [6, 6.07) is 16.5. The van der Waals surface area contributed by atoms with Gasteiger partial charge >= 0.3 is 0 Å². The molecule has 1 fully saturated rings. The first kappa shape index (κ1) is 25.3. The van der Waals surface area contributed by atoms with E-state index in [0.29, 0.717) is 11.9 Å². The number of rotatable bonds is 9. The van der Waals surface area contributed by atoms with E-state index < -0.39 is 0 Å². The van der Waals surface area contributed by atoms with Crippen LogP contribution in [0.1, 0.15) is 19.9 Å². The summed E-state index contributed by atoms with van der Waals surface area (Å²) in [5, 5.41) is 10.0. The molecule has 2 aromatic carbocycles. The third kappa shape index (κ3) is 5.63. The Bertz CT molecular complexity index is 1430. The van der Waals surface area contributed by atoms with Gasteiger partial charge in [0.05, 0.1) is 6.20 Å². The van der Waals surface area contributed by atoms with E-state index in [1.54, 1.807) is 12.3 Å². The lowest BCUT2D eigenvalue weighted by molar-refractivity contribution is 0.313. The standard InChI is InChI=1S/C29H35N9/c1-6-21(4)31-23-8-7-9-24(18-23)33-29-34-26-19-30-28(35-27(26)38(29)20(2)3)32-22-10-12-25(13-11-22)37-16-14-36(5)15-17-37/h6-13,18-20,31H,1,4,14-17H2,2-3,5H3,(H,33,34)(H,30,32,35). The van der Waals surface area contributed by atoms with Crippen molar-refractivity contribution in [2.75, 3.05) is 54.1 Å². The highest BCUT2D eigenvalue weighted by Crippen LogP contribution is 2.28. The summed E-state index contributed by atoms with van der Waals surface area (Å²) in [6.45, 7) is 16.2. The van der Waals surface area contributed by atoms with E-state index in [9.17, 15) is 0 Å². The van der Waals surface area contributed by atoms with E-state index in [-0.39, 0.29) is 6.04 Å². The average Bonchev–Trinajstić information content (AvgIpc) is 3.27. The number of nitrogens with one attached hydrogen (secondary N) is 3. The predicted molar refractivity (Wildman–Crippen MR) is 158 cm³/mol. The molecule has 196 valence electrons. The Morgan fingerprint density at radius 3 is 2.39 bits per heavy atom. The Morgan fingerprint density at radius 2 is 1.68 bits per heavy atom. The molecule has 38 heavy (non-hydrogen) atoms. The van der Waals surface area contributed by atoms with Crippen LogP contribution in [0.25, 0.3) is 11.2 Å². The van der Waals surface area contributed by atoms with Crippen LogP contribution in [0, 0.1) is 0 Å². The molecule has 1 aliphatic rings. The first-order chi connectivity index (χ1) is 18.4. The molecule has 0 amide bonds. The van der Waals surface area contributed by atoms with Crippen LogP contribution in [0.4, 0.5) is 34.6 Å². The molecular formula is C29H35N9. The Morgan fingerprint density at radius 1 is 0.947 bits per heavy atom. The largest absolute Gasteiger partial charge is 0.369 e. The number of anilines is 6. The van der Waals surface area contributed by atoms with E-state index in [2.05, 4.69) is 93.6 Å². The molecule has 0 unspecified atom stereocenters. The molecule has 0 spiro atoms. The van der Waals surface area contributed by atoms with Gasteiger partial charge in [0.25, 0.3) is 0 Å². The topological polar surface area (TPSA) is 86.2 Å². The SMILES string of the molecule is C=CC(=C)Nc1cccc(Nc2nc3cnc(Nc4ccc(N5CCN(C)CC5)cc4)nc3n2C(C)C)c1. The van der Waals surface area contributed by atoms with E-state index in [0.717, 1.165) is 60.1 Å². The second kappa shape index (κ2) is 10.9. The number of allylic oxidation sites excluding steroid dienone is 1. The molecule has 4 aromatic rings. The lowest BCUT2D eigenvalue weighted by Crippen LogP contribution is -2.44. The molecule has 9 heteroatoms. The van der Waals surface area contributed by atoms with Crippen LogP contribution in [-0.4, -0.2) is 57.6 Å². The van der Waals surface area contributed by atoms with E-state index in [4.69, 9.17) is 9.97 Å². The number of likely N-dealkylation sites (N-methyl/N-ethyl adjacent to an activating group) is 1. The van der Waals surface area contributed by atoms with Gasteiger partial charge in [0.1, 0.15) is 5.52 Å². The normalized spacial score (nSPS) is 14.1. The predicted octanol–water partition coefficient (Wildman–Crippen LogP) is 5.76. The molecule has 0 aliphatic carbocycles. The number of fused-ring (bicyclic) bond motifs is 1. The Balaban J connectivity index is 1.36. The van der Waals surface area contributed by atoms with Crippen molar-refractivity contribution in [3.8, 4) is 0 Å². The van der Waals surface area contributed by atoms with Gasteiger partial charge in [-0.15, -0.1) is 0 Å². The van der Waals surface area contributed by atoms with E-state index in [1.165, 1.54) is 5.69 Å². The molecule has 1 aliphatic heterocycles. The second-order valence-electron chi connectivity index (χ2n) is 9.82. The minimum atomic E-state index is 0.134. The van der Waals surface area contributed by atoms with E-state index >= 15 is 0 Å². The molecule has 0 bridgehead atoms. The van der Waals surface area contributed by atoms with Crippen LogP contribution in [0.3, 0.4) is 0 Å². The minimum absolute atomic E-state index is 0.134. The van der Waals surface area contributed by atoms with Gasteiger partial charge in [0.2, 0.25) is 11.9 Å². The fourth-order valence-corrected chi connectivity index (χ4v) is 4.52. The zero-order chi connectivity index (χ0) is 26.6. The van der Waals surface area contributed by atoms with Crippen molar-refractivity contribution in [2.45, 2.75) is 19.9 Å². The lowest BCUT2D eigenvalue weighted by Gasteiger charge is -2.34. The van der Waals surface area contributed by atoms with Crippen LogP contribution in [-0.2, 0) is 0 Å². The number of hydrogen-bond donors (Lipinski definition) is 3. The van der Waals surface area contributed by atoms with Gasteiger partial charge < -0.3 is 25.8 Å². The van der Waals surface area contributed by atoms with Crippen LogP contribution in [0.2, 0.25) is 0 Å². The maximum absolute atomic E-state index is 4.83. The molecule has 3 heterocycles. The van der Waals surface area contributed by atoms with Crippen molar-refractivity contribution in [2.24, 2.45) is 0 Å². The van der Waals surface area contributed by atoms with Gasteiger partial charge in [-0.25, -0.2) is 9.97 Å². The van der Waals surface area contributed by atoms with Gasteiger partial charge in [-0.05, 0) is 69.4 Å². The molecule has 2 aromatic heterocycles. The lowest BCUT2D eigenvalue weighted by atomic mass is 10.2. The quantitative estimate of drug-likeness (QED) is 0.246. The fourth-order valence-electron chi connectivity index (χ4n) is 4.52. The fraction of sp³-hybridized carbons (Fsp3) is 0.276. The number of hydrogen-bond acceptors (Lipinski definition) is 8. The van der Waals surface area contributed by atoms with E-state index in [1.807, 2.05) is 24.3 Å². The highest BCUT2D eigenvalue weighted by Gasteiger charge is 2.17. The summed E-state index contributed by atoms with van der Waals surface area (Å²) >= 11 is 0. The number of nitrogens with zero attached hydrogens (tertiary/aromatic N) is 6. The van der Waals surface area contributed by atoms with Gasteiger partial charge in [0, 0.05) is 60.7 Å². The summed E-state index contributed by atoms with van der Waals surface area (Å²) < 4.78 is 2.08. The van der Waals surface area contributed by atoms with Crippen LogP contribution in [0.15, 0.2) is 79.7 Å². The summed E-state index contributed by atoms with van der Waals surface area (Å²) in [4.78, 5) is 18.9. The zero-order valence-electron chi connectivity index (χ0n) is 22.3. The third-order valence-corrected chi connectivity index (χ3v) is 6.61. The maximum Gasteiger partial charge on any atom is 0.229 e. The third-order valence-electron chi connectivity index (χ3n) is 6.61. The molecule has 1 saturated heterocycles. The highest BCUT2D eigenvalue weighted by molar-refractivity contribution is 5.77. The summed E-state index contributed by atoms with van der Waals surface area (Å²) in [5.74, 6) is 1.24. The molecule has 0 saturated carbocycles. The Hall–Kier alpha value is -4.37. The molecule has 5 rings (SSSR count). The van der Waals surface area contributed by atoms with Crippen molar-refractivity contribution in [1.29, 1.82) is 0 Å². The molecule has 0 atom stereocenters. The van der Waals surface area contributed by atoms with Gasteiger partial charge in [-0.1, -0.05) is 19.2 Å². The first-order valence-electron chi connectivity index (χ1n) is 12.9. The van der Waals surface area contributed by atoms with Gasteiger partial charge in [-0.3, -0.25) is 4.57 Å². The summed E-state index contributed by atoms with van der Waals surface area (Å²) in [6.07, 6.45) is 3.45. The van der Waals surface area contributed by atoms with Crippen molar-refractivity contribution in [3.05, 3.63) is 79.7 Å². The van der Waals surface area contributed by atoms with Crippen molar-refractivity contribution < 1.29 is 0 Å². The number of piperazine rings is 1. The Labute approximate surface area is 223 Å². The molecular weight excluding hydrogens is 474 g/mol. The summed E-state index contributed by atoms with van der Waals surface area (Å²) in [5.41, 5.74) is 6.23. The zero-order valence-corrected chi connectivity index (χ0v) is 22.3. The monoisotopic (exact) mass is 509 g/mol.